The number of carbonyl (C=O) groups is 2. The van der Waals surface area contributed by atoms with Crippen molar-refractivity contribution in [3.63, 3.8) is 0 Å². The average molecular weight is 546 g/mol. The maximum absolute atomic E-state index is 12.0. The first kappa shape index (κ1) is 26.3. The van der Waals surface area contributed by atoms with Gasteiger partial charge in [-0.1, -0.05) is 23.5 Å². The van der Waals surface area contributed by atoms with Gasteiger partial charge in [0.1, 0.15) is 16.5 Å². The Labute approximate surface area is 218 Å². The fraction of sp³-hybridized carbons (Fsp3) is 0.348. The van der Waals surface area contributed by atoms with Crippen LogP contribution in [0.1, 0.15) is 40.7 Å². The third-order valence-corrected chi connectivity index (χ3v) is 7.95. The molecule has 3 aromatic rings. The molecular weight excluding hydrogens is 518 g/mol. The van der Waals surface area contributed by atoms with Gasteiger partial charge in [-0.2, -0.15) is 9.97 Å². The highest BCUT2D eigenvalue weighted by molar-refractivity contribution is 7.92. The molecule has 12 nitrogen and oxygen atoms in total. The number of benzene rings is 1. The van der Waals surface area contributed by atoms with E-state index in [2.05, 4.69) is 30.3 Å². The molecule has 0 saturated carbocycles. The lowest BCUT2D eigenvalue weighted by molar-refractivity contribution is -0.118. The van der Waals surface area contributed by atoms with Gasteiger partial charge >= 0.3 is 5.97 Å². The van der Waals surface area contributed by atoms with Crippen molar-refractivity contribution in [1.29, 1.82) is 0 Å². The van der Waals surface area contributed by atoms with Crippen LogP contribution in [0, 0.1) is 6.92 Å². The third kappa shape index (κ3) is 6.92. The minimum absolute atomic E-state index is 0.0104. The molecule has 196 valence electrons. The fourth-order valence-corrected chi connectivity index (χ4v) is 5.09. The van der Waals surface area contributed by atoms with Crippen molar-refractivity contribution in [1.82, 2.24) is 15.0 Å². The number of anilines is 5. The van der Waals surface area contributed by atoms with Gasteiger partial charge in [-0.05, 0) is 38.0 Å². The van der Waals surface area contributed by atoms with Crippen LogP contribution in [0.2, 0.25) is 0 Å². The highest BCUT2D eigenvalue weighted by Gasteiger charge is 2.21. The van der Waals surface area contributed by atoms with E-state index >= 15 is 0 Å². The van der Waals surface area contributed by atoms with Crippen LogP contribution in [0.5, 0.6) is 0 Å². The SMILES string of the molecule is CCS(=O)(=O)Nc1ccc(CNc2cc(N3CCCC(=O)C3)nc(Nc3nc(C)c(C(=O)O)s3)n2)cc1. The second-order valence-electron chi connectivity index (χ2n) is 8.42. The molecule has 1 aliphatic heterocycles. The van der Waals surface area contributed by atoms with E-state index in [9.17, 15) is 23.1 Å². The first-order chi connectivity index (χ1) is 17.6. The molecule has 1 aliphatic rings. The van der Waals surface area contributed by atoms with Gasteiger partial charge in [0, 0.05) is 31.3 Å². The minimum Gasteiger partial charge on any atom is -0.477 e. The largest absolute Gasteiger partial charge is 0.477 e. The highest BCUT2D eigenvalue weighted by atomic mass is 32.2. The summed E-state index contributed by atoms with van der Waals surface area (Å²) in [5.74, 6) is 0.337. The molecule has 4 N–H and O–H groups in total. The summed E-state index contributed by atoms with van der Waals surface area (Å²) < 4.78 is 26.0. The number of piperidine rings is 1. The number of aryl methyl sites for hydroxylation is 1. The monoisotopic (exact) mass is 545 g/mol. The Bertz CT molecular complexity index is 1410. The number of ketones is 1. The molecule has 0 radical (unpaired) electrons. The first-order valence-electron chi connectivity index (χ1n) is 11.6. The van der Waals surface area contributed by atoms with Gasteiger partial charge in [0.05, 0.1) is 18.0 Å². The van der Waals surface area contributed by atoms with Crippen LogP contribution >= 0.6 is 11.3 Å². The van der Waals surface area contributed by atoms with E-state index in [0.29, 0.717) is 47.7 Å². The summed E-state index contributed by atoms with van der Waals surface area (Å²) in [6, 6.07) is 8.73. The average Bonchev–Trinajstić information content (AvgIpc) is 3.23. The van der Waals surface area contributed by atoms with E-state index in [4.69, 9.17) is 0 Å². The summed E-state index contributed by atoms with van der Waals surface area (Å²) in [6.45, 7) is 4.52. The number of Topliss-reactive ketones (excluding diaryl/α,β-unsaturated/α-hetero) is 1. The number of rotatable bonds is 10. The van der Waals surface area contributed by atoms with Gasteiger partial charge in [-0.3, -0.25) is 14.8 Å². The van der Waals surface area contributed by atoms with E-state index in [1.54, 1.807) is 44.2 Å². The standard InChI is InChI=1S/C23H27N7O5S2/c1-3-37(34,35)29-16-8-6-15(7-9-16)12-24-18-11-19(30-10-4-5-17(31)13-30)27-22(26-18)28-23-25-14(2)20(36-23)21(32)33/h6-9,11,29H,3-5,10,12-13H2,1-2H3,(H,32,33)(H2,24,25,26,27,28). The van der Waals surface area contributed by atoms with Crippen LogP contribution in [-0.4, -0.2) is 59.1 Å². The second kappa shape index (κ2) is 11.1. The maximum Gasteiger partial charge on any atom is 0.347 e. The van der Waals surface area contributed by atoms with Crippen molar-refractivity contribution in [3.8, 4) is 0 Å². The number of carbonyl (C=O) groups excluding carboxylic acids is 1. The predicted molar refractivity (Wildman–Crippen MR) is 142 cm³/mol. The molecule has 0 aliphatic carbocycles. The quantitative estimate of drug-likeness (QED) is 0.295. The summed E-state index contributed by atoms with van der Waals surface area (Å²) in [6.07, 6.45) is 1.27. The van der Waals surface area contributed by atoms with Crippen molar-refractivity contribution < 1.29 is 23.1 Å². The second-order valence-corrected chi connectivity index (χ2v) is 11.4. The van der Waals surface area contributed by atoms with E-state index in [1.165, 1.54) is 0 Å². The first-order valence-corrected chi connectivity index (χ1v) is 14.1. The lowest BCUT2D eigenvalue weighted by atomic mass is 10.1. The lowest BCUT2D eigenvalue weighted by Crippen LogP contribution is -2.36. The van der Waals surface area contributed by atoms with E-state index in [-0.39, 0.29) is 28.9 Å². The molecule has 0 amide bonds. The summed E-state index contributed by atoms with van der Waals surface area (Å²) >= 11 is 0.988. The number of hydrogen-bond acceptors (Lipinski definition) is 11. The molecule has 0 unspecified atom stereocenters. The van der Waals surface area contributed by atoms with Crippen LogP contribution in [-0.2, 0) is 21.4 Å². The molecule has 3 heterocycles. The molecule has 4 rings (SSSR count). The molecule has 1 aromatic carbocycles. The molecule has 14 heteroatoms. The molecule has 0 atom stereocenters. The molecular formula is C23H27N7O5S2. The minimum atomic E-state index is -3.35. The van der Waals surface area contributed by atoms with E-state index in [1.807, 2.05) is 4.90 Å². The maximum atomic E-state index is 12.0. The summed E-state index contributed by atoms with van der Waals surface area (Å²) in [4.78, 5) is 38.7. The molecule has 2 aromatic heterocycles. The lowest BCUT2D eigenvalue weighted by Gasteiger charge is -2.27. The number of sulfonamides is 1. The number of carboxylic acids is 1. The Balaban J connectivity index is 1.54. The molecule has 0 spiro atoms. The molecule has 1 saturated heterocycles. The number of hydrogen-bond donors (Lipinski definition) is 4. The number of nitrogens with one attached hydrogen (secondary N) is 3. The Hall–Kier alpha value is -3.78. The van der Waals surface area contributed by atoms with E-state index in [0.717, 1.165) is 23.3 Å². The Morgan fingerprint density at radius 1 is 1.19 bits per heavy atom. The van der Waals surface area contributed by atoms with Crippen molar-refractivity contribution in [2.24, 2.45) is 0 Å². The zero-order valence-corrected chi connectivity index (χ0v) is 21.9. The summed E-state index contributed by atoms with van der Waals surface area (Å²) in [7, 11) is -3.35. The smallest absolute Gasteiger partial charge is 0.347 e. The highest BCUT2D eigenvalue weighted by Crippen LogP contribution is 2.27. The number of carboxylic acid groups (broad SMARTS) is 1. The number of thiazole rings is 1. The number of aromatic nitrogens is 3. The Kier molecular flexibility index (Phi) is 7.88. The van der Waals surface area contributed by atoms with Gasteiger partial charge < -0.3 is 15.3 Å². The van der Waals surface area contributed by atoms with Gasteiger partial charge in [0.2, 0.25) is 16.0 Å². The normalized spacial score (nSPS) is 13.9. The zero-order valence-electron chi connectivity index (χ0n) is 20.3. The van der Waals surface area contributed by atoms with Crippen LogP contribution in [0.4, 0.5) is 28.4 Å². The van der Waals surface area contributed by atoms with Crippen molar-refractivity contribution >= 4 is 61.5 Å². The third-order valence-electron chi connectivity index (χ3n) is 5.58. The Morgan fingerprint density at radius 3 is 2.59 bits per heavy atom. The summed E-state index contributed by atoms with van der Waals surface area (Å²) in [5.41, 5.74) is 1.76. The molecule has 37 heavy (non-hydrogen) atoms. The van der Waals surface area contributed by atoms with Crippen molar-refractivity contribution in [2.45, 2.75) is 33.2 Å². The van der Waals surface area contributed by atoms with Gasteiger partial charge in [0.25, 0.3) is 0 Å². The molecule has 1 fully saturated rings. The van der Waals surface area contributed by atoms with Crippen LogP contribution in [0.3, 0.4) is 0 Å². The predicted octanol–water partition coefficient (Wildman–Crippen LogP) is 3.23. The van der Waals surface area contributed by atoms with Crippen LogP contribution < -0.4 is 20.3 Å². The molecule has 0 bridgehead atoms. The topological polar surface area (TPSA) is 167 Å². The van der Waals surface area contributed by atoms with Crippen molar-refractivity contribution in [3.05, 3.63) is 46.5 Å². The van der Waals surface area contributed by atoms with Gasteiger partial charge in [0.15, 0.2) is 10.9 Å². The van der Waals surface area contributed by atoms with E-state index < -0.39 is 16.0 Å². The van der Waals surface area contributed by atoms with Gasteiger partial charge in [-0.25, -0.2) is 18.2 Å². The summed E-state index contributed by atoms with van der Waals surface area (Å²) in [5, 5.41) is 15.9. The van der Waals surface area contributed by atoms with Gasteiger partial charge in [-0.15, -0.1) is 0 Å². The number of nitrogens with zero attached hydrogens (tertiary/aromatic N) is 4. The van der Waals surface area contributed by atoms with Crippen LogP contribution in [0.25, 0.3) is 0 Å². The van der Waals surface area contributed by atoms with Crippen LogP contribution in [0.15, 0.2) is 30.3 Å². The fourth-order valence-electron chi connectivity index (χ4n) is 3.66. The number of aromatic carboxylic acids is 1. The van der Waals surface area contributed by atoms with Crippen molar-refractivity contribution in [2.75, 3.05) is 39.1 Å². The zero-order chi connectivity index (χ0) is 26.6. The Morgan fingerprint density at radius 2 is 1.95 bits per heavy atom.